The molecule has 1 N–H and O–H groups in total. The SMILES string of the molecule is CC1(C)CNCc2cc(-c3ccccn3)nn21. The second-order valence-electron chi connectivity index (χ2n) is 5.06. The maximum Gasteiger partial charge on any atom is 0.111 e. The summed E-state index contributed by atoms with van der Waals surface area (Å²) in [5.74, 6) is 0. The first-order chi connectivity index (χ1) is 8.17. The van der Waals surface area contributed by atoms with E-state index in [4.69, 9.17) is 0 Å². The van der Waals surface area contributed by atoms with E-state index >= 15 is 0 Å². The van der Waals surface area contributed by atoms with Gasteiger partial charge in [-0.1, -0.05) is 6.07 Å². The normalized spacial score (nSPS) is 17.8. The van der Waals surface area contributed by atoms with Crippen molar-refractivity contribution in [1.29, 1.82) is 0 Å². The van der Waals surface area contributed by atoms with Gasteiger partial charge < -0.3 is 5.32 Å². The standard InChI is InChI=1S/C13H16N4/c1-13(2)9-14-8-10-7-12(16-17(10)13)11-5-3-4-6-15-11/h3-7,14H,8-9H2,1-2H3. The first-order valence-electron chi connectivity index (χ1n) is 5.88. The molecule has 0 bridgehead atoms. The zero-order chi connectivity index (χ0) is 11.9. The summed E-state index contributed by atoms with van der Waals surface area (Å²) in [7, 11) is 0. The number of hydrogen-bond acceptors (Lipinski definition) is 3. The summed E-state index contributed by atoms with van der Waals surface area (Å²) >= 11 is 0. The Morgan fingerprint density at radius 2 is 2.18 bits per heavy atom. The van der Waals surface area contributed by atoms with Crippen molar-refractivity contribution in [3.05, 3.63) is 36.2 Å². The van der Waals surface area contributed by atoms with Gasteiger partial charge >= 0.3 is 0 Å². The second kappa shape index (κ2) is 3.67. The quantitative estimate of drug-likeness (QED) is 0.809. The molecule has 0 saturated carbocycles. The second-order valence-corrected chi connectivity index (χ2v) is 5.06. The Bertz CT molecular complexity index is 528. The zero-order valence-electron chi connectivity index (χ0n) is 10.1. The molecule has 0 unspecified atom stereocenters. The molecular formula is C13H16N4. The lowest BCUT2D eigenvalue weighted by Gasteiger charge is -2.32. The van der Waals surface area contributed by atoms with Crippen LogP contribution in [0.1, 0.15) is 19.5 Å². The minimum atomic E-state index is 0.0284. The number of aromatic nitrogens is 3. The summed E-state index contributed by atoms with van der Waals surface area (Å²) in [6, 6.07) is 8.03. The van der Waals surface area contributed by atoms with Crippen LogP contribution in [-0.4, -0.2) is 21.3 Å². The molecule has 0 amide bonds. The summed E-state index contributed by atoms with van der Waals surface area (Å²) in [6.07, 6.45) is 1.80. The average molecular weight is 228 g/mol. The van der Waals surface area contributed by atoms with Crippen LogP contribution < -0.4 is 5.32 Å². The number of hydrogen-bond donors (Lipinski definition) is 1. The number of nitrogens with one attached hydrogen (secondary N) is 1. The Balaban J connectivity index is 2.08. The average Bonchev–Trinajstić information content (AvgIpc) is 2.75. The Kier molecular flexibility index (Phi) is 2.26. The molecular weight excluding hydrogens is 212 g/mol. The number of fused-ring (bicyclic) bond motifs is 1. The fourth-order valence-electron chi connectivity index (χ4n) is 2.28. The maximum atomic E-state index is 4.69. The van der Waals surface area contributed by atoms with Crippen LogP contribution in [0.3, 0.4) is 0 Å². The van der Waals surface area contributed by atoms with Gasteiger partial charge in [-0.3, -0.25) is 9.67 Å². The van der Waals surface area contributed by atoms with Gasteiger partial charge in [0.1, 0.15) is 5.69 Å². The first-order valence-corrected chi connectivity index (χ1v) is 5.88. The van der Waals surface area contributed by atoms with E-state index in [2.05, 4.69) is 40.0 Å². The minimum absolute atomic E-state index is 0.0284. The van der Waals surface area contributed by atoms with E-state index in [1.807, 2.05) is 18.2 Å². The Morgan fingerprint density at radius 1 is 1.29 bits per heavy atom. The van der Waals surface area contributed by atoms with Gasteiger partial charge in [-0.25, -0.2) is 0 Å². The van der Waals surface area contributed by atoms with E-state index in [-0.39, 0.29) is 5.54 Å². The molecule has 0 radical (unpaired) electrons. The third kappa shape index (κ3) is 1.74. The molecule has 17 heavy (non-hydrogen) atoms. The lowest BCUT2D eigenvalue weighted by molar-refractivity contribution is 0.261. The predicted octanol–water partition coefficient (Wildman–Crippen LogP) is 1.78. The highest BCUT2D eigenvalue weighted by atomic mass is 15.4. The van der Waals surface area contributed by atoms with Gasteiger partial charge in [0.05, 0.1) is 16.9 Å². The lowest BCUT2D eigenvalue weighted by Crippen LogP contribution is -2.44. The smallest absolute Gasteiger partial charge is 0.111 e. The van der Waals surface area contributed by atoms with E-state index < -0.39 is 0 Å². The van der Waals surface area contributed by atoms with Gasteiger partial charge in [0.2, 0.25) is 0 Å². The van der Waals surface area contributed by atoms with E-state index in [1.54, 1.807) is 6.20 Å². The monoisotopic (exact) mass is 228 g/mol. The molecule has 0 saturated heterocycles. The van der Waals surface area contributed by atoms with Crippen molar-refractivity contribution in [3.63, 3.8) is 0 Å². The fraction of sp³-hybridized carbons (Fsp3) is 0.385. The van der Waals surface area contributed by atoms with Crippen molar-refractivity contribution in [2.24, 2.45) is 0 Å². The van der Waals surface area contributed by atoms with Crippen LogP contribution in [0.15, 0.2) is 30.5 Å². The van der Waals surface area contributed by atoms with Gasteiger partial charge in [0, 0.05) is 19.3 Å². The van der Waals surface area contributed by atoms with Crippen LogP contribution >= 0.6 is 0 Å². The topological polar surface area (TPSA) is 42.7 Å². The summed E-state index contributed by atoms with van der Waals surface area (Å²) in [5.41, 5.74) is 3.14. The molecule has 3 heterocycles. The van der Waals surface area contributed by atoms with Crippen molar-refractivity contribution in [2.75, 3.05) is 6.54 Å². The van der Waals surface area contributed by atoms with Crippen molar-refractivity contribution < 1.29 is 0 Å². The molecule has 1 aliphatic heterocycles. The lowest BCUT2D eigenvalue weighted by atomic mass is 10.0. The van der Waals surface area contributed by atoms with Crippen molar-refractivity contribution in [1.82, 2.24) is 20.1 Å². The van der Waals surface area contributed by atoms with Crippen molar-refractivity contribution >= 4 is 0 Å². The summed E-state index contributed by atoms with van der Waals surface area (Å²) in [6.45, 7) is 6.21. The third-order valence-electron chi connectivity index (χ3n) is 3.15. The van der Waals surface area contributed by atoms with E-state index in [0.717, 1.165) is 24.5 Å². The molecule has 0 atom stereocenters. The highest BCUT2D eigenvalue weighted by Crippen LogP contribution is 2.25. The van der Waals surface area contributed by atoms with E-state index in [1.165, 1.54) is 5.69 Å². The summed E-state index contributed by atoms with van der Waals surface area (Å²) < 4.78 is 2.12. The van der Waals surface area contributed by atoms with Crippen molar-refractivity contribution in [3.8, 4) is 11.4 Å². The van der Waals surface area contributed by atoms with Gasteiger partial charge in [-0.05, 0) is 32.0 Å². The van der Waals surface area contributed by atoms with Crippen LogP contribution in [0.25, 0.3) is 11.4 Å². The van der Waals surface area contributed by atoms with Gasteiger partial charge in [-0.2, -0.15) is 5.10 Å². The Morgan fingerprint density at radius 3 is 2.88 bits per heavy atom. The number of rotatable bonds is 1. The van der Waals surface area contributed by atoms with Gasteiger partial charge in [0.25, 0.3) is 0 Å². The fourth-order valence-corrected chi connectivity index (χ4v) is 2.28. The van der Waals surface area contributed by atoms with E-state index in [9.17, 15) is 0 Å². The van der Waals surface area contributed by atoms with E-state index in [0.29, 0.717) is 0 Å². The molecule has 4 nitrogen and oxygen atoms in total. The molecule has 3 rings (SSSR count). The number of pyridine rings is 1. The maximum absolute atomic E-state index is 4.69. The number of nitrogens with zero attached hydrogens (tertiary/aromatic N) is 3. The highest BCUT2D eigenvalue weighted by molar-refractivity contribution is 5.54. The largest absolute Gasteiger partial charge is 0.309 e. The molecule has 1 aliphatic rings. The van der Waals surface area contributed by atoms with Crippen LogP contribution in [0.5, 0.6) is 0 Å². The summed E-state index contributed by atoms with van der Waals surface area (Å²) in [5, 5.41) is 8.10. The molecule has 0 aliphatic carbocycles. The van der Waals surface area contributed by atoms with Crippen LogP contribution in [-0.2, 0) is 12.1 Å². The predicted molar refractivity (Wildman–Crippen MR) is 66.5 cm³/mol. The Hall–Kier alpha value is -1.68. The van der Waals surface area contributed by atoms with Crippen LogP contribution in [0.4, 0.5) is 0 Å². The molecule has 0 fully saturated rings. The first kappa shape index (κ1) is 10.5. The summed E-state index contributed by atoms with van der Waals surface area (Å²) in [4.78, 5) is 4.34. The molecule has 0 spiro atoms. The van der Waals surface area contributed by atoms with Gasteiger partial charge in [0.15, 0.2) is 0 Å². The van der Waals surface area contributed by atoms with Crippen LogP contribution in [0.2, 0.25) is 0 Å². The molecule has 2 aromatic rings. The molecule has 4 heteroatoms. The van der Waals surface area contributed by atoms with Gasteiger partial charge in [-0.15, -0.1) is 0 Å². The van der Waals surface area contributed by atoms with Crippen molar-refractivity contribution in [2.45, 2.75) is 25.9 Å². The third-order valence-corrected chi connectivity index (χ3v) is 3.15. The highest BCUT2D eigenvalue weighted by Gasteiger charge is 2.28. The zero-order valence-corrected chi connectivity index (χ0v) is 10.1. The Labute approximate surface area is 101 Å². The molecule has 0 aromatic carbocycles. The minimum Gasteiger partial charge on any atom is -0.309 e. The molecule has 2 aromatic heterocycles. The van der Waals surface area contributed by atoms with Crippen LogP contribution in [0, 0.1) is 0 Å². The molecule has 88 valence electrons.